The van der Waals surface area contributed by atoms with Crippen LogP contribution in [0.25, 0.3) is 10.9 Å². The maximum atomic E-state index is 13.5. The first-order chi connectivity index (χ1) is 17.0. The third-order valence-corrected chi connectivity index (χ3v) is 9.82. The van der Waals surface area contributed by atoms with E-state index in [2.05, 4.69) is 16.5 Å². The molecule has 1 aliphatic rings. The molecule has 0 saturated carbocycles. The maximum Gasteiger partial charge on any atom is 0.252 e. The van der Waals surface area contributed by atoms with Crippen LogP contribution in [0.5, 0.6) is 0 Å². The molecule has 1 N–H and O–H groups in total. The van der Waals surface area contributed by atoms with Crippen molar-refractivity contribution in [2.24, 2.45) is 5.92 Å². The fourth-order valence-electron chi connectivity index (χ4n) is 5.57. The van der Waals surface area contributed by atoms with E-state index in [1.807, 2.05) is 31.2 Å². The molecular weight excluding hydrogens is 498 g/mol. The van der Waals surface area contributed by atoms with Crippen LogP contribution in [0.1, 0.15) is 66.5 Å². The lowest BCUT2D eigenvalue weighted by atomic mass is 9.91. The fraction of sp³-hybridized carbons (Fsp3) is 0.481. The van der Waals surface area contributed by atoms with Gasteiger partial charge in [0, 0.05) is 59.0 Å². The third kappa shape index (κ3) is 5.04. The van der Waals surface area contributed by atoms with Gasteiger partial charge in [0.05, 0.1) is 10.8 Å². The van der Waals surface area contributed by atoms with Crippen molar-refractivity contribution >= 4 is 38.3 Å². The minimum Gasteiger partial charge on any atom is -0.341 e. The van der Waals surface area contributed by atoms with E-state index >= 15 is 0 Å². The summed E-state index contributed by atoms with van der Waals surface area (Å²) in [6.45, 7) is 8.65. The number of aromatic nitrogens is 2. The van der Waals surface area contributed by atoms with Gasteiger partial charge < -0.3 is 9.55 Å². The summed E-state index contributed by atoms with van der Waals surface area (Å²) >= 11 is 6.29. The summed E-state index contributed by atoms with van der Waals surface area (Å²) in [6, 6.07) is 9.73. The van der Waals surface area contributed by atoms with Gasteiger partial charge in [0.15, 0.2) is 5.78 Å². The summed E-state index contributed by atoms with van der Waals surface area (Å²) in [5.74, 6) is 0.407. The number of para-hydroxylation sites is 1. The molecule has 0 amide bonds. The topological polar surface area (TPSA) is 92.2 Å². The van der Waals surface area contributed by atoms with Crippen molar-refractivity contribution in [1.29, 1.82) is 0 Å². The van der Waals surface area contributed by atoms with Crippen LogP contribution in [0, 0.1) is 19.8 Å². The summed E-state index contributed by atoms with van der Waals surface area (Å²) in [6.07, 6.45) is 2.02. The molecule has 0 spiro atoms. The molecule has 0 unspecified atom stereocenters. The Morgan fingerprint density at radius 2 is 1.86 bits per heavy atom. The average Bonchev–Trinajstić information content (AvgIpc) is 3.14. The van der Waals surface area contributed by atoms with E-state index in [0.29, 0.717) is 40.9 Å². The van der Waals surface area contributed by atoms with E-state index < -0.39 is 10.0 Å². The number of fused-ring (bicyclic) bond motifs is 1. The Bertz CT molecular complexity index is 1450. The number of ketones is 1. The number of carbonyl (C=O) groups excluding carboxylic acids is 1. The van der Waals surface area contributed by atoms with E-state index in [4.69, 9.17) is 11.6 Å². The van der Waals surface area contributed by atoms with E-state index in [1.54, 1.807) is 24.2 Å². The SMILES string of the molecule is CCS(=O)(=O)N1CCC([C@@H](C)n2c(C)c(C(=O)CCc3c(Cl)cc(C)[nH]c3=O)c3ccccc32)CC1. The summed E-state index contributed by atoms with van der Waals surface area (Å²) < 4.78 is 28.4. The number of H-pyrrole nitrogens is 1. The number of nitrogens with one attached hydrogen (secondary N) is 1. The van der Waals surface area contributed by atoms with Crippen molar-refractivity contribution < 1.29 is 13.2 Å². The summed E-state index contributed by atoms with van der Waals surface area (Å²) in [7, 11) is -3.17. The van der Waals surface area contributed by atoms with Crippen LogP contribution in [0.3, 0.4) is 0 Å². The van der Waals surface area contributed by atoms with Gasteiger partial charge in [0.2, 0.25) is 10.0 Å². The predicted octanol–water partition coefficient (Wildman–Crippen LogP) is 5.04. The number of hydrogen-bond donors (Lipinski definition) is 1. The number of sulfonamides is 1. The zero-order chi connectivity index (χ0) is 26.2. The van der Waals surface area contributed by atoms with Gasteiger partial charge in [-0.05, 0) is 65.0 Å². The second kappa shape index (κ2) is 10.5. The van der Waals surface area contributed by atoms with Gasteiger partial charge in [0.1, 0.15) is 0 Å². The van der Waals surface area contributed by atoms with Crippen LogP contribution >= 0.6 is 11.6 Å². The van der Waals surface area contributed by atoms with Crippen LogP contribution in [-0.2, 0) is 16.4 Å². The van der Waals surface area contributed by atoms with Crippen LogP contribution < -0.4 is 5.56 Å². The third-order valence-electron chi connectivity index (χ3n) is 7.60. The van der Waals surface area contributed by atoms with Gasteiger partial charge in [0.25, 0.3) is 5.56 Å². The highest BCUT2D eigenvalue weighted by atomic mass is 35.5. The molecule has 1 saturated heterocycles. The van der Waals surface area contributed by atoms with Crippen molar-refractivity contribution in [2.45, 2.75) is 59.4 Å². The number of nitrogens with zero attached hydrogens (tertiary/aromatic N) is 2. The first kappa shape index (κ1) is 26.6. The summed E-state index contributed by atoms with van der Waals surface area (Å²) in [4.78, 5) is 28.6. The quantitative estimate of drug-likeness (QED) is 0.412. The highest BCUT2D eigenvalue weighted by Gasteiger charge is 2.32. The molecule has 9 heteroatoms. The molecule has 1 aliphatic heterocycles. The van der Waals surface area contributed by atoms with Gasteiger partial charge in [-0.2, -0.15) is 0 Å². The first-order valence-corrected chi connectivity index (χ1v) is 14.5. The molecule has 1 aromatic carbocycles. The molecule has 1 fully saturated rings. The largest absolute Gasteiger partial charge is 0.341 e. The molecule has 0 radical (unpaired) electrons. The number of carbonyl (C=O) groups is 1. The van der Waals surface area contributed by atoms with Crippen molar-refractivity contribution in [3.63, 3.8) is 0 Å². The number of aryl methyl sites for hydroxylation is 1. The zero-order valence-electron chi connectivity index (χ0n) is 21.3. The average molecular weight is 532 g/mol. The number of benzene rings is 1. The van der Waals surface area contributed by atoms with E-state index in [-0.39, 0.29) is 36.0 Å². The maximum absolute atomic E-state index is 13.5. The highest BCUT2D eigenvalue weighted by Crippen LogP contribution is 2.36. The first-order valence-electron chi connectivity index (χ1n) is 12.5. The number of pyridine rings is 1. The second-order valence-corrected chi connectivity index (χ2v) is 12.4. The monoisotopic (exact) mass is 531 g/mol. The molecule has 3 heterocycles. The number of piperidine rings is 1. The number of halogens is 1. The van der Waals surface area contributed by atoms with Crippen molar-refractivity contribution in [3.05, 3.63) is 68.2 Å². The minimum absolute atomic E-state index is 0.0189. The Kier molecular flexibility index (Phi) is 7.78. The molecule has 0 aliphatic carbocycles. The number of aromatic amines is 1. The Morgan fingerprint density at radius 3 is 2.50 bits per heavy atom. The number of hydrogen-bond acceptors (Lipinski definition) is 4. The molecule has 2 aromatic heterocycles. The Labute approximate surface area is 217 Å². The van der Waals surface area contributed by atoms with Gasteiger partial charge >= 0.3 is 0 Å². The standard InChI is InChI=1S/C27H34ClN3O4S/c1-5-36(34,35)30-14-12-20(13-15-30)18(3)31-19(4)26(22-8-6-7-9-24(22)31)25(32)11-10-21-23(28)16-17(2)29-27(21)33/h6-9,16,18,20H,5,10-15H2,1-4H3,(H,29,33)/t18-/m1/s1. The summed E-state index contributed by atoms with van der Waals surface area (Å²) in [5, 5.41) is 1.29. The molecule has 1 atom stereocenters. The molecule has 3 aromatic rings. The molecular formula is C27H34ClN3O4S. The lowest BCUT2D eigenvalue weighted by molar-refractivity contribution is 0.0983. The van der Waals surface area contributed by atoms with Gasteiger partial charge in [-0.3, -0.25) is 9.59 Å². The molecule has 7 nitrogen and oxygen atoms in total. The van der Waals surface area contributed by atoms with E-state index in [0.717, 1.165) is 29.4 Å². The second-order valence-electron chi connectivity index (χ2n) is 9.76. The Balaban J connectivity index is 1.60. The molecule has 36 heavy (non-hydrogen) atoms. The van der Waals surface area contributed by atoms with Gasteiger partial charge in [-0.1, -0.05) is 29.8 Å². The minimum atomic E-state index is -3.17. The number of Topliss-reactive ketones (excluding diaryl/α,β-unsaturated/α-hetero) is 1. The van der Waals surface area contributed by atoms with Crippen LogP contribution in [0.4, 0.5) is 0 Å². The van der Waals surface area contributed by atoms with Gasteiger partial charge in [-0.15, -0.1) is 0 Å². The predicted molar refractivity (Wildman–Crippen MR) is 145 cm³/mol. The van der Waals surface area contributed by atoms with E-state index in [9.17, 15) is 18.0 Å². The van der Waals surface area contributed by atoms with Crippen LogP contribution in [-0.4, -0.2) is 46.9 Å². The van der Waals surface area contributed by atoms with E-state index in [1.165, 1.54) is 0 Å². The fourth-order valence-corrected chi connectivity index (χ4v) is 7.05. The highest BCUT2D eigenvalue weighted by molar-refractivity contribution is 7.89. The van der Waals surface area contributed by atoms with Crippen LogP contribution in [0.2, 0.25) is 5.02 Å². The normalized spacial score (nSPS) is 16.5. The van der Waals surface area contributed by atoms with Crippen molar-refractivity contribution in [1.82, 2.24) is 13.9 Å². The van der Waals surface area contributed by atoms with Gasteiger partial charge in [-0.25, -0.2) is 12.7 Å². The van der Waals surface area contributed by atoms with Crippen LogP contribution in [0.15, 0.2) is 35.1 Å². The zero-order valence-corrected chi connectivity index (χ0v) is 22.9. The van der Waals surface area contributed by atoms with Crippen molar-refractivity contribution in [3.8, 4) is 0 Å². The lowest BCUT2D eigenvalue weighted by Gasteiger charge is -2.35. The smallest absolute Gasteiger partial charge is 0.252 e. The Hall–Kier alpha value is -2.42. The lowest BCUT2D eigenvalue weighted by Crippen LogP contribution is -2.40. The number of rotatable bonds is 8. The summed E-state index contributed by atoms with van der Waals surface area (Å²) in [5.41, 5.74) is 3.45. The molecule has 0 bridgehead atoms. The van der Waals surface area contributed by atoms with Crippen molar-refractivity contribution in [2.75, 3.05) is 18.8 Å². The molecule has 4 rings (SSSR count). The Morgan fingerprint density at radius 1 is 1.19 bits per heavy atom. The molecule has 194 valence electrons.